The minimum atomic E-state index is 0.194. The lowest BCUT2D eigenvalue weighted by atomic mass is 10.4. The first kappa shape index (κ1) is 10.9. The van der Waals surface area contributed by atoms with Crippen molar-refractivity contribution in [1.29, 1.82) is 0 Å². The number of carbonyl (C=O) groups excluding carboxylic acids is 1. The molecule has 0 saturated heterocycles. The van der Waals surface area contributed by atoms with Gasteiger partial charge in [0.05, 0.1) is 0 Å². The maximum absolute atomic E-state index is 11.2. The number of amides is 1. The molecule has 0 radical (unpaired) electrons. The van der Waals surface area contributed by atoms with E-state index >= 15 is 0 Å². The molecule has 0 aromatic heterocycles. The molecule has 2 N–H and O–H groups in total. The summed E-state index contributed by atoms with van der Waals surface area (Å²) in [6.07, 6.45) is 5.05. The first-order chi connectivity index (χ1) is 6.33. The SMILES string of the molecule is CSCCNCCC(=O)NC1CC1. The Hall–Kier alpha value is -0.220. The van der Waals surface area contributed by atoms with E-state index in [2.05, 4.69) is 16.9 Å². The van der Waals surface area contributed by atoms with Gasteiger partial charge in [-0.1, -0.05) is 0 Å². The fourth-order valence-corrected chi connectivity index (χ4v) is 1.38. The summed E-state index contributed by atoms with van der Waals surface area (Å²) in [5, 5.41) is 6.19. The number of hydrogen-bond donors (Lipinski definition) is 2. The molecule has 1 fully saturated rings. The lowest BCUT2D eigenvalue weighted by molar-refractivity contribution is -0.121. The summed E-state index contributed by atoms with van der Waals surface area (Å²) in [4.78, 5) is 11.2. The van der Waals surface area contributed by atoms with Crippen molar-refractivity contribution >= 4 is 17.7 Å². The van der Waals surface area contributed by atoms with Gasteiger partial charge in [-0.2, -0.15) is 11.8 Å². The van der Waals surface area contributed by atoms with Crippen molar-refractivity contribution in [2.24, 2.45) is 0 Å². The van der Waals surface area contributed by atoms with Gasteiger partial charge in [-0.15, -0.1) is 0 Å². The van der Waals surface area contributed by atoms with E-state index in [9.17, 15) is 4.79 Å². The number of carbonyl (C=O) groups is 1. The topological polar surface area (TPSA) is 41.1 Å². The van der Waals surface area contributed by atoms with Gasteiger partial charge in [-0.25, -0.2) is 0 Å². The second kappa shape index (κ2) is 6.27. The van der Waals surface area contributed by atoms with Crippen LogP contribution in [0.1, 0.15) is 19.3 Å². The van der Waals surface area contributed by atoms with E-state index in [-0.39, 0.29) is 5.91 Å². The Labute approximate surface area is 84.0 Å². The van der Waals surface area contributed by atoms with Crippen LogP contribution in [0.4, 0.5) is 0 Å². The van der Waals surface area contributed by atoms with E-state index in [1.54, 1.807) is 0 Å². The fourth-order valence-electron chi connectivity index (χ4n) is 1.03. The number of thioether (sulfide) groups is 1. The monoisotopic (exact) mass is 202 g/mol. The highest BCUT2D eigenvalue weighted by Crippen LogP contribution is 2.18. The van der Waals surface area contributed by atoms with Gasteiger partial charge in [-0.05, 0) is 19.1 Å². The molecule has 0 aromatic carbocycles. The van der Waals surface area contributed by atoms with Crippen molar-refractivity contribution in [1.82, 2.24) is 10.6 Å². The van der Waals surface area contributed by atoms with Crippen molar-refractivity contribution < 1.29 is 4.79 Å². The van der Waals surface area contributed by atoms with E-state index in [1.165, 1.54) is 12.8 Å². The third-order valence-electron chi connectivity index (χ3n) is 1.95. The van der Waals surface area contributed by atoms with Gasteiger partial charge in [0.2, 0.25) is 5.91 Å². The van der Waals surface area contributed by atoms with Crippen LogP contribution in [0.5, 0.6) is 0 Å². The van der Waals surface area contributed by atoms with Crippen molar-refractivity contribution in [3.63, 3.8) is 0 Å². The average molecular weight is 202 g/mol. The van der Waals surface area contributed by atoms with Crippen LogP contribution in [0, 0.1) is 0 Å². The van der Waals surface area contributed by atoms with E-state index < -0.39 is 0 Å². The summed E-state index contributed by atoms with van der Waals surface area (Å²) in [6, 6.07) is 0.499. The third kappa shape index (κ3) is 5.93. The maximum Gasteiger partial charge on any atom is 0.221 e. The predicted octanol–water partition coefficient (Wildman–Crippen LogP) is 0.608. The largest absolute Gasteiger partial charge is 0.353 e. The summed E-state index contributed by atoms with van der Waals surface area (Å²) < 4.78 is 0. The molecule has 1 rings (SSSR count). The Balaban J connectivity index is 1.83. The van der Waals surface area contributed by atoms with Gasteiger partial charge >= 0.3 is 0 Å². The van der Waals surface area contributed by atoms with Crippen LogP contribution < -0.4 is 10.6 Å². The lowest BCUT2D eigenvalue weighted by Crippen LogP contribution is -2.29. The van der Waals surface area contributed by atoms with Crippen molar-refractivity contribution in [3.8, 4) is 0 Å². The Bertz CT molecular complexity index is 160. The summed E-state index contributed by atoms with van der Waals surface area (Å²) in [7, 11) is 0. The highest BCUT2D eigenvalue weighted by atomic mass is 32.2. The van der Waals surface area contributed by atoms with E-state index in [1.807, 2.05) is 11.8 Å². The predicted molar refractivity (Wildman–Crippen MR) is 57.0 cm³/mol. The Morgan fingerprint density at radius 3 is 2.85 bits per heavy atom. The van der Waals surface area contributed by atoms with Crippen LogP contribution in [-0.2, 0) is 4.79 Å². The molecule has 76 valence electrons. The van der Waals surface area contributed by atoms with Crippen LogP contribution in [0.3, 0.4) is 0 Å². The van der Waals surface area contributed by atoms with E-state index in [0.29, 0.717) is 12.5 Å². The molecule has 4 heteroatoms. The summed E-state index contributed by atoms with van der Waals surface area (Å²) in [6.45, 7) is 1.80. The summed E-state index contributed by atoms with van der Waals surface area (Å²) >= 11 is 1.82. The highest BCUT2D eigenvalue weighted by Gasteiger charge is 2.22. The molecule has 1 saturated carbocycles. The van der Waals surface area contributed by atoms with Crippen LogP contribution in [0.2, 0.25) is 0 Å². The van der Waals surface area contributed by atoms with Gasteiger partial charge in [0.25, 0.3) is 0 Å². The minimum absolute atomic E-state index is 0.194. The normalized spacial score (nSPS) is 15.8. The molecule has 1 aliphatic carbocycles. The van der Waals surface area contributed by atoms with Crippen molar-refractivity contribution in [2.75, 3.05) is 25.1 Å². The molecule has 1 aliphatic rings. The van der Waals surface area contributed by atoms with Crippen LogP contribution in [0.15, 0.2) is 0 Å². The second-order valence-electron chi connectivity index (χ2n) is 3.33. The van der Waals surface area contributed by atoms with E-state index in [0.717, 1.165) is 18.8 Å². The van der Waals surface area contributed by atoms with Crippen LogP contribution in [0.25, 0.3) is 0 Å². The number of nitrogens with one attached hydrogen (secondary N) is 2. The standard InChI is InChI=1S/C9H18N2OS/c1-13-7-6-10-5-4-9(12)11-8-2-3-8/h8,10H,2-7H2,1H3,(H,11,12). The zero-order valence-corrected chi connectivity index (χ0v) is 8.95. The molecule has 0 atom stereocenters. The molecule has 0 aromatic rings. The van der Waals surface area contributed by atoms with Gasteiger partial charge in [0.1, 0.15) is 0 Å². The lowest BCUT2D eigenvalue weighted by Gasteiger charge is -2.04. The molecule has 0 aliphatic heterocycles. The zero-order valence-electron chi connectivity index (χ0n) is 8.14. The van der Waals surface area contributed by atoms with Crippen LogP contribution >= 0.6 is 11.8 Å². The van der Waals surface area contributed by atoms with Gasteiger partial charge in [0, 0.05) is 31.3 Å². The Morgan fingerprint density at radius 1 is 1.46 bits per heavy atom. The summed E-state index contributed by atoms with van der Waals surface area (Å²) in [5.74, 6) is 1.31. The molecule has 3 nitrogen and oxygen atoms in total. The molecular weight excluding hydrogens is 184 g/mol. The third-order valence-corrected chi connectivity index (χ3v) is 2.57. The smallest absolute Gasteiger partial charge is 0.221 e. The highest BCUT2D eigenvalue weighted by molar-refractivity contribution is 7.98. The van der Waals surface area contributed by atoms with Crippen molar-refractivity contribution in [3.05, 3.63) is 0 Å². The Kier molecular flexibility index (Phi) is 5.23. The van der Waals surface area contributed by atoms with Gasteiger partial charge in [0.15, 0.2) is 0 Å². The number of rotatable bonds is 7. The van der Waals surface area contributed by atoms with Gasteiger partial charge in [-0.3, -0.25) is 4.79 Å². The fraction of sp³-hybridized carbons (Fsp3) is 0.889. The second-order valence-corrected chi connectivity index (χ2v) is 4.32. The molecule has 0 bridgehead atoms. The van der Waals surface area contributed by atoms with Crippen LogP contribution in [-0.4, -0.2) is 37.0 Å². The molecule has 0 heterocycles. The molecular formula is C9H18N2OS. The quantitative estimate of drug-likeness (QED) is 0.594. The number of hydrogen-bond acceptors (Lipinski definition) is 3. The average Bonchev–Trinajstić information content (AvgIpc) is 2.88. The maximum atomic E-state index is 11.2. The summed E-state index contributed by atoms with van der Waals surface area (Å²) in [5.41, 5.74) is 0. The molecule has 0 unspecified atom stereocenters. The zero-order chi connectivity index (χ0) is 9.52. The molecule has 0 spiro atoms. The first-order valence-electron chi connectivity index (χ1n) is 4.82. The first-order valence-corrected chi connectivity index (χ1v) is 6.21. The van der Waals surface area contributed by atoms with Gasteiger partial charge < -0.3 is 10.6 Å². The molecule has 13 heavy (non-hydrogen) atoms. The minimum Gasteiger partial charge on any atom is -0.353 e. The van der Waals surface area contributed by atoms with E-state index in [4.69, 9.17) is 0 Å². The Morgan fingerprint density at radius 2 is 2.23 bits per heavy atom. The molecule has 1 amide bonds. The van der Waals surface area contributed by atoms with Crippen molar-refractivity contribution in [2.45, 2.75) is 25.3 Å².